The fourth-order valence-electron chi connectivity index (χ4n) is 3.59. The highest BCUT2D eigenvalue weighted by atomic mass is 16.5. The molecule has 0 unspecified atom stereocenters. The third-order valence-corrected chi connectivity index (χ3v) is 5.05. The summed E-state index contributed by atoms with van der Waals surface area (Å²) in [6, 6.07) is 14.4. The molecule has 0 spiro atoms. The molecular weight excluding hydrogens is 402 g/mol. The zero-order chi connectivity index (χ0) is 22.4. The van der Waals surface area contributed by atoms with Gasteiger partial charge in [-0.15, -0.1) is 0 Å². The van der Waals surface area contributed by atoms with Crippen molar-refractivity contribution in [3.63, 3.8) is 0 Å². The maximum absolute atomic E-state index is 12.2. The number of alkyl carbamates (subject to hydrolysis) is 1. The molecular formula is C22H23N3O6. The Hall–Kier alpha value is -3.88. The first kappa shape index (κ1) is 21.8. The van der Waals surface area contributed by atoms with Crippen LogP contribution in [0.2, 0.25) is 0 Å². The Balaban J connectivity index is 1.57. The molecule has 1 atom stereocenters. The molecule has 3 rings (SSSR count). The maximum atomic E-state index is 12.2. The van der Waals surface area contributed by atoms with Crippen LogP contribution in [0.3, 0.4) is 0 Å². The SMILES string of the molecule is NC(=O)CNC(=O)CC[C@H](NC(=O)OCC1c2ccccc2-c2ccccc21)C(=O)O. The Kier molecular flexibility index (Phi) is 6.86. The highest BCUT2D eigenvalue weighted by Crippen LogP contribution is 2.44. The van der Waals surface area contributed by atoms with Crippen molar-refractivity contribution >= 4 is 23.9 Å². The van der Waals surface area contributed by atoms with Crippen LogP contribution in [-0.2, 0) is 19.1 Å². The lowest BCUT2D eigenvalue weighted by molar-refractivity contribution is -0.139. The zero-order valence-corrected chi connectivity index (χ0v) is 16.7. The molecule has 2 aromatic rings. The van der Waals surface area contributed by atoms with Gasteiger partial charge in [-0.2, -0.15) is 0 Å². The smallest absolute Gasteiger partial charge is 0.407 e. The quantitative estimate of drug-likeness (QED) is 0.477. The second-order valence-electron chi connectivity index (χ2n) is 7.14. The van der Waals surface area contributed by atoms with Gasteiger partial charge >= 0.3 is 12.1 Å². The summed E-state index contributed by atoms with van der Waals surface area (Å²) in [5.74, 6) is -2.70. The molecule has 0 saturated heterocycles. The van der Waals surface area contributed by atoms with E-state index in [9.17, 15) is 24.3 Å². The van der Waals surface area contributed by atoms with Crippen LogP contribution in [-0.4, -0.2) is 48.2 Å². The first-order valence-corrected chi connectivity index (χ1v) is 9.76. The summed E-state index contributed by atoms with van der Waals surface area (Å²) in [5.41, 5.74) is 9.17. The summed E-state index contributed by atoms with van der Waals surface area (Å²) in [6.45, 7) is -0.290. The number of rotatable bonds is 9. The Morgan fingerprint density at radius 1 is 1.00 bits per heavy atom. The number of ether oxygens (including phenoxy) is 1. The molecule has 0 fully saturated rings. The van der Waals surface area contributed by atoms with Crippen molar-refractivity contribution in [2.45, 2.75) is 24.8 Å². The molecule has 3 amide bonds. The largest absolute Gasteiger partial charge is 0.480 e. The fraction of sp³-hybridized carbons (Fsp3) is 0.273. The summed E-state index contributed by atoms with van der Waals surface area (Å²) in [5, 5.41) is 13.9. The second kappa shape index (κ2) is 9.75. The lowest BCUT2D eigenvalue weighted by atomic mass is 9.98. The zero-order valence-electron chi connectivity index (χ0n) is 16.7. The van der Waals surface area contributed by atoms with Crippen LogP contribution in [0, 0.1) is 0 Å². The summed E-state index contributed by atoms with van der Waals surface area (Å²) in [6.07, 6.45) is -1.25. The molecule has 1 aliphatic rings. The number of carboxylic acids is 1. The predicted molar refractivity (Wildman–Crippen MR) is 111 cm³/mol. The van der Waals surface area contributed by atoms with Gasteiger partial charge in [0.15, 0.2) is 0 Å². The standard InChI is InChI=1S/C22H23N3O6/c23-19(26)11-24-20(27)10-9-18(21(28)29)25-22(30)31-12-17-15-7-3-1-5-13(15)14-6-2-4-8-16(14)17/h1-8,17-18H,9-12H2,(H2,23,26)(H,24,27)(H,25,30)(H,28,29)/t18-/m0/s1. The fourth-order valence-corrected chi connectivity index (χ4v) is 3.59. The van der Waals surface area contributed by atoms with Gasteiger partial charge in [0.2, 0.25) is 11.8 Å². The number of aliphatic carboxylic acids is 1. The van der Waals surface area contributed by atoms with Gasteiger partial charge in [0.25, 0.3) is 0 Å². The highest BCUT2D eigenvalue weighted by molar-refractivity contribution is 5.85. The van der Waals surface area contributed by atoms with Crippen LogP contribution in [0.5, 0.6) is 0 Å². The minimum absolute atomic E-state index is 0.0469. The number of hydrogen-bond donors (Lipinski definition) is 4. The topological polar surface area (TPSA) is 148 Å². The van der Waals surface area contributed by atoms with Gasteiger partial charge in [0.1, 0.15) is 12.6 Å². The molecule has 2 aromatic carbocycles. The van der Waals surface area contributed by atoms with Crippen LogP contribution in [0.25, 0.3) is 11.1 Å². The Morgan fingerprint density at radius 3 is 2.13 bits per heavy atom. The van der Waals surface area contributed by atoms with Gasteiger partial charge < -0.3 is 26.2 Å². The normalized spacial score (nSPS) is 12.9. The number of nitrogens with two attached hydrogens (primary N) is 1. The van der Waals surface area contributed by atoms with Crippen molar-refractivity contribution in [3.05, 3.63) is 59.7 Å². The van der Waals surface area contributed by atoms with Crippen LogP contribution in [0.4, 0.5) is 4.79 Å². The second-order valence-corrected chi connectivity index (χ2v) is 7.14. The minimum Gasteiger partial charge on any atom is -0.480 e. The van der Waals surface area contributed by atoms with Gasteiger partial charge in [-0.3, -0.25) is 9.59 Å². The molecule has 0 aromatic heterocycles. The summed E-state index contributed by atoms with van der Waals surface area (Å²) >= 11 is 0. The summed E-state index contributed by atoms with van der Waals surface area (Å²) in [4.78, 5) is 46.0. The van der Waals surface area contributed by atoms with E-state index in [1.807, 2.05) is 48.5 Å². The van der Waals surface area contributed by atoms with E-state index in [0.717, 1.165) is 22.3 Å². The molecule has 9 nitrogen and oxygen atoms in total. The van der Waals surface area contributed by atoms with Crippen molar-refractivity contribution in [1.82, 2.24) is 10.6 Å². The van der Waals surface area contributed by atoms with Gasteiger partial charge in [0, 0.05) is 12.3 Å². The van der Waals surface area contributed by atoms with Crippen molar-refractivity contribution in [3.8, 4) is 11.1 Å². The molecule has 0 saturated carbocycles. The van der Waals surface area contributed by atoms with Crippen molar-refractivity contribution < 1.29 is 29.0 Å². The lowest BCUT2D eigenvalue weighted by Crippen LogP contribution is -2.42. The number of hydrogen-bond acceptors (Lipinski definition) is 5. The number of carboxylic acid groups (broad SMARTS) is 1. The van der Waals surface area contributed by atoms with Gasteiger partial charge in [0.05, 0.1) is 6.54 Å². The van der Waals surface area contributed by atoms with Crippen LogP contribution in [0.1, 0.15) is 29.9 Å². The minimum atomic E-state index is -1.31. The van der Waals surface area contributed by atoms with Crippen LogP contribution < -0.4 is 16.4 Å². The number of nitrogens with one attached hydrogen (secondary N) is 2. The predicted octanol–water partition coefficient (Wildman–Crippen LogP) is 1.36. The lowest BCUT2D eigenvalue weighted by Gasteiger charge is -2.17. The number of primary amides is 1. The molecule has 0 heterocycles. The highest BCUT2D eigenvalue weighted by Gasteiger charge is 2.29. The molecule has 0 bridgehead atoms. The Labute approximate surface area is 178 Å². The van der Waals surface area contributed by atoms with E-state index >= 15 is 0 Å². The molecule has 5 N–H and O–H groups in total. The van der Waals surface area contributed by atoms with E-state index < -0.39 is 29.9 Å². The maximum Gasteiger partial charge on any atom is 0.407 e. The molecule has 162 valence electrons. The monoisotopic (exact) mass is 425 g/mol. The molecule has 31 heavy (non-hydrogen) atoms. The van der Waals surface area contributed by atoms with E-state index in [1.54, 1.807) is 0 Å². The van der Waals surface area contributed by atoms with Gasteiger partial charge in [-0.1, -0.05) is 48.5 Å². The van der Waals surface area contributed by atoms with Gasteiger partial charge in [-0.25, -0.2) is 9.59 Å². The van der Waals surface area contributed by atoms with Crippen molar-refractivity contribution in [2.75, 3.05) is 13.2 Å². The van der Waals surface area contributed by atoms with Crippen molar-refractivity contribution in [1.29, 1.82) is 0 Å². The average molecular weight is 425 g/mol. The number of amides is 3. The Bertz CT molecular complexity index is 961. The molecule has 0 aliphatic heterocycles. The molecule has 1 aliphatic carbocycles. The van der Waals surface area contributed by atoms with Crippen LogP contribution >= 0.6 is 0 Å². The molecule has 9 heteroatoms. The first-order valence-electron chi connectivity index (χ1n) is 9.76. The average Bonchev–Trinajstić information content (AvgIpc) is 3.07. The number of fused-ring (bicyclic) bond motifs is 3. The van der Waals surface area contributed by atoms with Crippen molar-refractivity contribution in [2.24, 2.45) is 5.73 Å². The first-order chi connectivity index (χ1) is 14.9. The third kappa shape index (κ3) is 5.39. The Morgan fingerprint density at radius 2 is 1.58 bits per heavy atom. The van der Waals surface area contributed by atoms with E-state index in [0.29, 0.717) is 0 Å². The van der Waals surface area contributed by atoms with E-state index in [2.05, 4.69) is 10.6 Å². The van der Waals surface area contributed by atoms with Gasteiger partial charge in [-0.05, 0) is 28.7 Å². The van der Waals surface area contributed by atoms with E-state index in [4.69, 9.17) is 10.5 Å². The number of benzene rings is 2. The summed E-state index contributed by atoms with van der Waals surface area (Å²) < 4.78 is 5.33. The van der Waals surface area contributed by atoms with Crippen LogP contribution in [0.15, 0.2) is 48.5 Å². The third-order valence-electron chi connectivity index (χ3n) is 5.05. The van der Waals surface area contributed by atoms with E-state index in [-0.39, 0.29) is 31.9 Å². The number of carbonyl (C=O) groups excluding carboxylic acids is 3. The summed E-state index contributed by atoms with van der Waals surface area (Å²) in [7, 11) is 0. The number of carbonyl (C=O) groups is 4. The van der Waals surface area contributed by atoms with E-state index in [1.165, 1.54) is 0 Å². The molecule has 0 radical (unpaired) electrons.